The molecule has 0 radical (unpaired) electrons. The van der Waals surface area contributed by atoms with E-state index in [9.17, 15) is 9.90 Å². The topological polar surface area (TPSA) is 49.8 Å². The van der Waals surface area contributed by atoms with Crippen molar-refractivity contribution in [1.82, 2.24) is 4.90 Å². The molecule has 1 unspecified atom stereocenters. The Hall–Kier alpha value is -0.610. The molecule has 0 amide bonds. The van der Waals surface area contributed by atoms with Crippen LogP contribution in [0.2, 0.25) is 0 Å². The van der Waals surface area contributed by atoms with Crippen LogP contribution >= 0.6 is 0 Å². The highest BCUT2D eigenvalue weighted by Gasteiger charge is 2.30. The number of likely N-dealkylation sites (N-methyl/N-ethyl adjacent to an activating group) is 1. The Morgan fingerprint density at radius 3 is 2.41 bits per heavy atom. The van der Waals surface area contributed by atoms with E-state index < -0.39 is 12.0 Å². The van der Waals surface area contributed by atoms with Crippen molar-refractivity contribution in [2.45, 2.75) is 51.1 Å². The van der Waals surface area contributed by atoms with Gasteiger partial charge in [0.1, 0.15) is 6.04 Å². The standard InChI is InChI=1S/C13H25NO3/c1-4-10-5-7-11(8-6-10)14(2)12(9-17-3)13(15)16/h10-12H,4-9H2,1-3H3,(H,15,16). The summed E-state index contributed by atoms with van der Waals surface area (Å²) in [5.74, 6) is 0.0531. The molecule has 0 heterocycles. The van der Waals surface area contributed by atoms with Crippen LogP contribution in [0.25, 0.3) is 0 Å². The lowest BCUT2D eigenvalue weighted by Crippen LogP contribution is -2.48. The van der Waals surface area contributed by atoms with E-state index in [-0.39, 0.29) is 6.61 Å². The second-order valence-electron chi connectivity index (χ2n) is 5.06. The van der Waals surface area contributed by atoms with E-state index in [0.29, 0.717) is 6.04 Å². The van der Waals surface area contributed by atoms with Crippen LogP contribution in [0, 0.1) is 5.92 Å². The minimum atomic E-state index is -0.785. The van der Waals surface area contributed by atoms with Crippen LogP contribution in [-0.2, 0) is 9.53 Å². The summed E-state index contributed by atoms with van der Waals surface area (Å²) in [6.45, 7) is 2.50. The summed E-state index contributed by atoms with van der Waals surface area (Å²) >= 11 is 0. The molecule has 1 rings (SSSR count). The van der Waals surface area contributed by atoms with Crippen LogP contribution in [0.3, 0.4) is 0 Å². The van der Waals surface area contributed by atoms with Crippen molar-refractivity contribution in [3.8, 4) is 0 Å². The number of methoxy groups -OCH3 is 1. The van der Waals surface area contributed by atoms with Crippen molar-refractivity contribution in [2.75, 3.05) is 20.8 Å². The summed E-state index contributed by atoms with van der Waals surface area (Å²) in [4.78, 5) is 13.2. The highest BCUT2D eigenvalue weighted by molar-refractivity contribution is 5.73. The van der Waals surface area contributed by atoms with E-state index >= 15 is 0 Å². The van der Waals surface area contributed by atoms with Crippen molar-refractivity contribution >= 4 is 5.97 Å². The maximum atomic E-state index is 11.2. The lowest BCUT2D eigenvalue weighted by atomic mass is 9.83. The van der Waals surface area contributed by atoms with Crippen LogP contribution in [0.4, 0.5) is 0 Å². The molecular formula is C13H25NO3. The molecule has 4 nitrogen and oxygen atoms in total. The molecule has 0 aromatic carbocycles. The monoisotopic (exact) mass is 243 g/mol. The predicted molar refractivity (Wildman–Crippen MR) is 67.1 cm³/mol. The van der Waals surface area contributed by atoms with Gasteiger partial charge in [0.05, 0.1) is 6.61 Å². The van der Waals surface area contributed by atoms with E-state index in [0.717, 1.165) is 18.8 Å². The fourth-order valence-corrected chi connectivity index (χ4v) is 2.74. The van der Waals surface area contributed by atoms with Crippen molar-refractivity contribution in [2.24, 2.45) is 5.92 Å². The zero-order valence-corrected chi connectivity index (χ0v) is 11.2. The number of ether oxygens (including phenoxy) is 1. The number of carbonyl (C=O) groups is 1. The van der Waals surface area contributed by atoms with Gasteiger partial charge in [-0.3, -0.25) is 9.69 Å². The van der Waals surface area contributed by atoms with Gasteiger partial charge in [-0.25, -0.2) is 0 Å². The summed E-state index contributed by atoms with van der Waals surface area (Å²) in [6.07, 6.45) is 5.93. The van der Waals surface area contributed by atoms with Crippen LogP contribution in [-0.4, -0.2) is 48.8 Å². The molecule has 0 spiro atoms. The summed E-state index contributed by atoms with van der Waals surface area (Å²) in [5.41, 5.74) is 0. The van der Waals surface area contributed by atoms with Gasteiger partial charge in [-0.2, -0.15) is 0 Å². The molecule has 4 heteroatoms. The molecule has 1 N–H and O–H groups in total. The van der Waals surface area contributed by atoms with Crippen LogP contribution in [0.1, 0.15) is 39.0 Å². The number of hydrogen-bond acceptors (Lipinski definition) is 3. The smallest absolute Gasteiger partial charge is 0.323 e. The van der Waals surface area contributed by atoms with Gasteiger partial charge in [-0.15, -0.1) is 0 Å². The van der Waals surface area contributed by atoms with E-state index in [1.54, 1.807) is 7.11 Å². The number of rotatable bonds is 6. The first-order chi connectivity index (χ1) is 8.10. The average molecular weight is 243 g/mol. The number of carboxylic acids is 1. The Labute approximate surface area is 104 Å². The molecule has 1 aliphatic carbocycles. The third-order valence-electron chi connectivity index (χ3n) is 4.07. The molecule has 1 saturated carbocycles. The van der Waals surface area contributed by atoms with Crippen molar-refractivity contribution in [3.63, 3.8) is 0 Å². The first-order valence-electron chi connectivity index (χ1n) is 6.53. The lowest BCUT2D eigenvalue weighted by molar-refractivity contribution is -0.146. The lowest BCUT2D eigenvalue weighted by Gasteiger charge is -2.37. The van der Waals surface area contributed by atoms with E-state index in [2.05, 4.69) is 6.92 Å². The fourth-order valence-electron chi connectivity index (χ4n) is 2.74. The number of nitrogens with zero attached hydrogens (tertiary/aromatic N) is 1. The first kappa shape index (κ1) is 14.5. The molecule has 1 aliphatic rings. The number of hydrogen-bond donors (Lipinski definition) is 1. The third-order valence-corrected chi connectivity index (χ3v) is 4.07. The Bertz CT molecular complexity index is 237. The van der Waals surface area contributed by atoms with Crippen molar-refractivity contribution < 1.29 is 14.6 Å². The van der Waals surface area contributed by atoms with Gasteiger partial charge < -0.3 is 9.84 Å². The van der Waals surface area contributed by atoms with Crippen LogP contribution in [0.5, 0.6) is 0 Å². The molecular weight excluding hydrogens is 218 g/mol. The van der Waals surface area contributed by atoms with E-state index in [1.807, 2.05) is 11.9 Å². The SMILES string of the molecule is CCC1CCC(N(C)C(COC)C(=O)O)CC1. The largest absolute Gasteiger partial charge is 0.480 e. The summed E-state index contributed by atoms with van der Waals surface area (Å²) in [6, 6.07) is -0.114. The second-order valence-corrected chi connectivity index (χ2v) is 5.06. The van der Waals surface area contributed by atoms with Gasteiger partial charge in [0, 0.05) is 13.2 Å². The molecule has 0 bridgehead atoms. The highest BCUT2D eigenvalue weighted by atomic mass is 16.5. The zero-order chi connectivity index (χ0) is 12.8. The van der Waals surface area contributed by atoms with Crippen molar-refractivity contribution in [3.05, 3.63) is 0 Å². The van der Waals surface area contributed by atoms with Gasteiger partial charge in [0.25, 0.3) is 0 Å². The molecule has 1 fully saturated rings. The average Bonchev–Trinajstić information content (AvgIpc) is 2.35. The fraction of sp³-hybridized carbons (Fsp3) is 0.923. The molecule has 17 heavy (non-hydrogen) atoms. The Kier molecular flexibility index (Phi) is 5.92. The Balaban J connectivity index is 2.50. The van der Waals surface area contributed by atoms with Gasteiger partial charge in [0.15, 0.2) is 0 Å². The van der Waals surface area contributed by atoms with Crippen molar-refractivity contribution in [1.29, 1.82) is 0 Å². The predicted octanol–water partition coefficient (Wildman–Crippen LogP) is 1.99. The minimum absolute atomic E-state index is 0.263. The summed E-state index contributed by atoms with van der Waals surface area (Å²) in [5, 5.41) is 9.18. The maximum absolute atomic E-state index is 11.2. The Morgan fingerprint density at radius 2 is 2.00 bits per heavy atom. The highest BCUT2D eigenvalue weighted by Crippen LogP contribution is 2.29. The Morgan fingerprint density at radius 1 is 1.41 bits per heavy atom. The van der Waals surface area contributed by atoms with Crippen LogP contribution in [0.15, 0.2) is 0 Å². The van der Waals surface area contributed by atoms with Gasteiger partial charge in [-0.1, -0.05) is 13.3 Å². The molecule has 0 saturated heterocycles. The van der Waals surface area contributed by atoms with Gasteiger partial charge in [0.2, 0.25) is 0 Å². The van der Waals surface area contributed by atoms with Gasteiger partial charge in [-0.05, 0) is 38.6 Å². The zero-order valence-electron chi connectivity index (χ0n) is 11.2. The third kappa shape index (κ3) is 3.96. The maximum Gasteiger partial charge on any atom is 0.323 e. The van der Waals surface area contributed by atoms with Gasteiger partial charge >= 0.3 is 5.97 Å². The van der Waals surface area contributed by atoms with E-state index in [1.165, 1.54) is 19.3 Å². The summed E-state index contributed by atoms with van der Waals surface area (Å²) < 4.78 is 5.00. The van der Waals surface area contributed by atoms with E-state index in [4.69, 9.17) is 4.74 Å². The quantitative estimate of drug-likeness (QED) is 0.775. The molecule has 1 atom stereocenters. The minimum Gasteiger partial charge on any atom is -0.480 e. The molecule has 0 aromatic heterocycles. The number of carboxylic acid groups (broad SMARTS) is 1. The normalized spacial score (nSPS) is 27.1. The molecule has 0 aliphatic heterocycles. The second kappa shape index (κ2) is 6.97. The number of aliphatic carboxylic acids is 1. The molecule has 100 valence electrons. The molecule has 0 aromatic rings. The van der Waals surface area contributed by atoms with Crippen LogP contribution < -0.4 is 0 Å². The summed E-state index contributed by atoms with van der Waals surface area (Å²) in [7, 11) is 3.46. The first-order valence-corrected chi connectivity index (χ1v) is 6.53.